The lowest BCUT2D eigenvalue weighted by molar-refractivity contribution is -0.384. The first-order chi connectivity index (χ1) is 16.2. The molecule has 1 aliphatic carbocycles. The first-order valence-corrected chi connectivity index (χ1v) is 12.5. The molecule has 3 rings (SSSR count). The fraction of sp³-hybridized carbons (Fsp3) is 0.478. The molecule has 11 heteroatoms. The molecule has 10 nitrogen and oxygen atoms in total. The third kappa shape index (κ3) is 5.89. The zero-order valence-corrected chi connectivity index (χ0v) is 20.6. The van der Waals surface area contributed by atoms with Crippen LogP contribution in [0.25, 0.3) is 0 Å². The fourth-order valence-electron chi connectivity index (χ4n) is 4.08. The molecule has 0 bridgehead atoms. The Bertz CT molecular complexity index is 1100. The average molecular weight is 494 g/mol. The van der Waals surface area contributed by atoms with Crippen LogP contribution in [0.5, 0.6) is 17.2 Å². The summed E-state index contributed by atoms with van der Waals surface area (Å²) in [6.07, 6.45) is 3.43. The van der Waals surface area contributed by atoms with Gasteiger partial charge in [-0.25, -0.2) is 13.1 Å². The van der Waals surface area contributed by atoms with Crippen molar-refractivity contribution in [3.8, 4) is 17.2 Å². The Balaban J connectivity index is 1.80. The molecular formula is C23H31N3O7S. The Hall–Kier alpha value is -3.05. The fourth-order valence-corrected chi connectivity index (χ4v) is 5.40. The summed E-state index contributed by atoms with van der Waals surface area (Å²) in [5.41, 5.74) is 0.602. The number of rotatable bonds is 10. The number of nitrogens with zero attached hydrogens (tertiary/aromatic N) is 1. The second kappa shape index (κ2) is 10.9. The van der Waals surface area contributed by atoms with E-state index >= 15 is 0 Å². The van der Waals surface area contributed by atoms with E-state index in [4.69, 9.17) is 14.2 Å². The molecule has 0 aromatic heterocycles. The van der Waals surface area contributed by atoms with Crippen molar-refractivity contribution in [3.05, 3.63) is 46.0 Å². The molecule has 2 aromatic carbocycles. The Kier molecular flexibility index (Phi) is 8.21. The van der Waals surface area contributed by atoms with Gasteiger partial charge in [-0.3, -0.25) is 10.1 Å². The maximum absolute atomic E-state index is 12.9. The molecule has 0 aliphatic heterocycles. The average Bonchev–Trinajstić information content (AvgIpc) is 2.82. The van der Waals surface area contributed by atoms with Crippen LogP contribution >= 0.6 is 0 Å². The van der Waals surface area contributed by atoms with Gasteiger partial charge in [-0.1, -0.05) is 6.92 Å². The number of anilines is 1. The molecule has 1 saturated carbocycles. The minimum absolute atomic E-state index is 0.129. The molecule has 0 spiro atoms. The molecular weight excluding hydrogens is 462 g/mol. The Labute approximate surface area is 199 Å². The number of nitrogens with one attached hydrogen (secondary N) is 2. The molecule has 0 radical (unpaired) electrons. The lowest BCUT2D eigenvalue weighted by Gasteiger charge is -2.26. The van der Waals surface area contributed by atoms with Gasteiger partial charge in [0.15, 0.2) is 11.5 Å². The zero-order chi connectivity index (χ0) is 24.9. The molecule has 186 valence electrons. The van der Waals surface area contributed by atoms with Crippen LogP contribution in [0.15, 0.2) is 35.2 Å². The van der Waals surface area contributed by atoms with Crippen molar-refractivity contribution in [1.82, 2.24) is 4.72 Å². The highest BCUT2D eigenvalue weighted by molar-refractivity contribution is 7.89. The third-order valence-corrected chi connectivity index (χ3v) is 7.54. The van der Waals surface area contributed by atoms with Crippen molar-refractivity contribution in [2.75, 3.05) is 26.6 Å². The lowest BCUT2D eigenvalue weighted by Crippen LogP contribution is -2.37. The Morgan fingerprint density at radius 1 is 1.00 bits per heavy atom. The zero-order valence-electron chi connectivity index (χ0n) is 19.8. The highest BCUT2D eigenvalue weighted by atomic mass is 32.2. The van der Waals surface area contributed by atoms with Crippen LogP contribution in [0.3, 0.4) is 0 Å². The molecule has 0 atom stereocenters. The van der Waals surface area contributed by atoms with Crippen LogP contribution in [0, 0.1) is 16.0 Å². The van der Waals surface area contributed by atoms with E-state index in [0.29, 0.717) is 23.2 Å². The second-order valence-electron chi connectivity index (χ2n) is 8.40. The predicted molar refractivity (Wildman–Crippen MR) is 128 cm³/mol. The van der Waals surface area contributed by atoms with E-state index in [1.54, 1.807) is 12.1 Å². The lowest BCUT2D eigenvalue weighted by atomic mass is 9.88. The number of hydrogen-bond donors (Lipinski definition) is 2. The summed E-state index contributed by atoms with van der Waals surface area (Å²) >= 11 is 0. The molecule has 0 amide bonds. The Morgan fingerprint density at radius 3 is 2.15 bits per heavy atom. The van der Waals surface area contributed by atoms with Crippen LogP contribution < -0.4 is 24.2 Å². The normalized spacial score (nSPS) is 18.2. The van der Waals surface area contributed by atoms with Crippen LogP contribution in [0.1, 0.15) is 38.2 Å². The van der Waals surface area contributed by atoms with Crippen molar-refractivity contribution >= 4 is 21.4 Å². The van der Waals surface area contributed by atoms with Gasteiger partial charge < -0.3 is 19.5 Å². The van der Waals surface area contributed by atoms with Crippen LogP contribution in [0.4, 0.5) is 11.4 Å². The van der Waals surface area contributed by atoms with E-state index < -0.39 is 14.9 Å². The van der Waals surface area contributed by atoms with Gasteiger partial charge in [0.1, 0.15) is 5.69 Å². The third-order valence-electron chi connectivity index (χ3n) is 6.02. The summed E-state index contributed by atoms with van der Waals surface area (Å²) in [5, 5.41) is 14.7. The molecule has 1 fully saturated rings. The summed E-state index contributed by atoms with van der Waals surface area (Å²) in [6.45, 7) is 2.36. The number of nitro benzene ring substituents is 1. The molecule has 2 N–H and O–H groups in total. The van der Waals surface area contributed by atoms with Crippen molar-refractivity contribution in [3.63, 3.8) is 0 Å². The van der Waals surface area contributed by atoms with E-state index in [0.717, 1.165) is 37.3 Å². The van der Waals surface area contributed by atoms with E-state index in [2.05, 4.69) is 17.0 Å². The SMILES string of the molecule is COc1cc(CNc2ccc(S(=O)(=O)NC3CCC(C)CC3)cc2[N+](=O)[O-])cc(OC)c1OC. The van der Waals surface area contributed by atoms with E-state index in [-0.39, 0.29) is 28.9 Å². The summed E-state index contributed by atoms with van der Waals surface area (Å²) in [7, 11) is 0.630. The van der Waals surface area contributed by atoms with Gasteiger partial charge in [0.25, 0.3) is 5.69 Å². The van der Waals surface area contributed by atoms with Gasteiger partial charge in [0, 0.05) is 18.7 Å². The number of nitro groups is 1. The van der Waals surface area contributed by atoms with E-state index in [9.17, 15) is 18.5 Å². The first-order valence-electron chi connectivity index (χ1n) is 11.0. The molecule has 0 saturated heterocycles. The summed E-state index contributed by atoms with van der Waals surface area (Å²) in [5.74, 6) is 1.93. The van der Waals surface area contributed by atoms with Crippen molar-refractivity contribution < 1.29 is 27.6 Å². The largest absolute Gasteiger partial charge is 0.493 e. The molecule has 0 heterocycles. The number of hydrogen-bond acceptors (Lipinski definition) is 8. The number of methoxy groups -OCH3 is 3. The minimum Gasteiger partial charge on any atom is -0.493 e. The molecule has 1 aliphatic rings. The second-order valence-corrected chi connectivity index (χ2v) is 10.1. The van der Waals surface area contributed by atoms with Gasteiger partial charge in [-0.15, -0.1) is 0 Å². The van der Waals surface area contributed by atoms with Crippen molar-refractivity contribution in [2.45, 2.75) is 50.1 Å². The first kappa shape index (κ1) is 25.6. The maximum Gasteiger partial charge on any atom is 0.293 e. The highest BCUT2D eigenvalue weighted by Gasteiger charge is 2.26. The molecule has 0 unspecified atom stereocenters. The highest BCUT2D eigenvalue weighted by Crippen LogP contribution is 2.38. The van der Waals surface area contributed by atoms with Gasteiger partial charge in [0.2, 0.25) is 15.8 Å². The maximum atomic E-state index is 12.9. The molecule has 2 aromatic rings. The van der Waals surface area contributed by atoms with Crippen LogP contribution in [0.2, 0.25) is 0 Å². The number of benzene rings is 2. The topological polar surface area (TPSA) is 129 Å². The van der Waals surface area contributed by atoms with E-state index in [1.807, 2.05) is 0 Å². The Morgan fingerprint density at radius 2 is 1.62 bits per heavy atom. The van der Waals surface area contributed by atoms with Gasteiger partial charge in [-0.05, 0) is 61.4 Å². The summed E-state index contributed by atoms with van der Waals surface area (Å²) < 4.78 is 44.4. The minimum atomic E-state index is -3.87. The number of sulfonamides is 1. The summed E-state index contributed by atoms with van der Waals surface area (Å²) in [6, 6.07) is 7.18. The van der Waals surface area contributed by atoms with E-state index in [1.165, 1.54) is 33.5 Å². The predicted octanol–water partition coefficient (Wildman–Crippen LogP) is 4.09. The van der Waals surface area contributed by atoms with Crippen molar-refractivity contribution in [1.29, 1.82) is 0 Å². The van der Waals surface area contributed by atoms with Gasteiger partial charge >= 0.3 is 0 Å². The smallest absolute Gasteiger partial charge is 0.293 e. The van der Waals surface area contributed by atoms with Crippen LogP contribution in [-0.2, 0) is 16.6 Å². The van der Waals surface area contributed by atoms with Gasteiger partial charge in [-0.2, -0.15) is 0 Å². The van der Waals surface area contributed by atoms with Crippen molar-refractivity contribution in [2.24, 2.45) is 5.92 Å². The van der Waals surface area contributed by atoms with Gasteiger partial charge in [0.05, 0.1) is 31.1 Å². The summed E-state index contributed by atoms with van der Waals surface area (Å²) in [4.78, 5) is 11.0. The van der Waals surface area contributed by atoms with Crippen LogP contribution in [-0.4, -0.2) is 40.7 Å². The standard InChI is InChI=1S/C23H31N3O7S/c1-15-5-7-17(8-6-15)25-34(29,30)18-9-10-19(20(13-18)26(27)28)24-14-16-11-21(31-2)23(33-4)22(12-16)32-3/h9-13,15,17,24-25H,5-8,14H2,1-4H3. The quantitative estimate of drug-likeness (QED) is 0.374. The molecule has 34 heavy (non-hydrogen) atoms. The monoisotopic (exact) mass is 493 g/mol. The number of ether oxygens (including phenoxy) is 3.